The molecule has 1 nitrogen and oxygen atoms in total. The molecule has 1 rings (SSSR count). The van der Waals surface area contributed by atoms with Crippen LogP contribution in [0.4, 0.5) is 22.0 Å². The summed E-state index contributed by atoms with van der Waals surface area (Å²) in [6.45, 7) is 0.146. The molecule has 0 saturated carbocycles. The van der Waals surface area contributed by atoms with E-state index < -0.39 is 24.1 Å². The minimum absolute atomic E-state index is 0.128. The Labute approximate surface area is 95.2 Å². The van der Waals surface area contributed by atoms with Crippen molar-refractivity contribution in [2.75, 3.05) is 0 Å². The van der Waals surface area contributed by atoms with Crippen LogP contribution in [0, 0.1) is 0 Å². The van der Waals surface area contributed by atoms with E-state index in [1.54, 1.807) is 13.8 Å². The highest BCUT2D eigenvalue weighted by Crippen LogP contribution is 2.38. The fraction of sp³-hybridized carbons (Fsp3) is 0.455. The van der Waals surface area contributed by atoms with E-state index in [0.29, 0.717) is 5.56 Å². The van der Waals surface area contributed by atoms with Crippen LogP contribution in [0.15, 0.2) is 18.2 Å². The summed E-state index contributed by atoms with van der Waals surface area (Å²) in [7, 11) is 0. The highest BCUT2D eigenvalue weighted by molar-refractivity contribution is 5.40. The van der Waals surface area contributed by atoms with Gasteiger partial charge in [0.05, 0.1) is 5.56 Å². The third-order valence-electron chi connectivity index (χ3n) is 2.19. The molecule has 0 aromatic heterocycles. The van der Waals surface area contributed by atoms with Gasteiger partial charge >= 0.3 is 12.8 Å². The monoisotopic (exact) mass is 254 g/mol. The number of hydrogen-bond donors (Lipinski definition) is 0. The molecule has 0 aliphatic heterocycles. The van der Waals surface area contributed by atoms with Crippen LogP contribution in [-0.2, 0) is 6.18 Å². The van der Waals surface area contributed by atoms with Crippen LogP contribution in [0.1, 0.15) is 30.9 Å². The molecule has 6 heteroatoms. The summed E-state index contributed by atoms with van der Waals surface area (Å²) in [5.41, 5.74) is -0.761. The van der Waals surface area contributed by atoms with Gasteiger partial charge in [-0.05, 0) is 23.6 Å². The van der Waals surface area contributed by atoms with Crippen LogP contribution in [0.25, 0.3) is 0 Å². The summed E-state index contributed by atoms with van der Waals surface area (Å²) < 4.78 is 65.6. The summed E-state index contributed by atoms with van der Waals surface area (Å²) in [5.74, 6) is -0.978. The number of ether oxygens (including phenoxy) is 1. The normalized spacial score (nSPS) is 12.3. The fourth-order valence-electron chi connectivity index (χ4n) is 1.33. The van der Waals surface area contributed by atoms with Gasteiger partial charge < -0.3 is 4.74 Å². The number of hydrogen-bond acceptors (Lipinski definition) is 1. The van der Waals surface area contributed by atoms with Gasteiger partial charge in [-0.1, -0.05) is 19.9 Å². The predicted octanol–water partition coefficient (Wildman–Crippen LogP) is 4.43. The van der Waals surface area contributed by atoms with Gasteiger partial charge in [0.25, 0.3) is 0 Å². The van der Waals surface area contributed by atoms with Crippen molar-refractivity contribution in [2.45, 2.75) is 32.6 Å². The molecule has 0 radical (unpaired) electrons. The average molecular weight is 254 g/mol. The van der Waals surface area contributed by atoms with Gasteiger partial charge in [-0.15, -0.1) is 0 Å². The minimum Gasteiger partial charge on any atom is -0.434 e. The van der Waals surface area contributed by atoms with Gasteiger partial charge in [-0.25, -0.2) is 0 Å². The van der Waals surface area contributed by atoms with Crippen LogP contribution in [0.3, 0.4) is 0 Å². The van der Waals surface area contributed by atoms with Crippen LogP contribution >= 0.6 is 0 Å². The average Bonchev–Trinajstić information content (AvgIpc) is 2.15. The Morgan fingerprint density at radius 3 is 2.12 bits per heavy atom. The molecule has 0 saturated heterocycles. The van der Waals surface area contributed by atoms with Gasteiger partial charge in [0, 0.05) is 0 Å². The first-order chi connectivity index (χ1) is 7.71. The molecule has 0 aliphatic carbocycles. The third-order valence-corrected chi connectivity index (χ3v) is 2.19. The van der Waals surface area contributed by atoms with Crippen molar-refractivity contribution in [3.63, 3.8) is 0 Å². The van der Waals surface area contributed by atoms with Crippen LogP contribution in [0.5, 0.6) is 5.75 Å². The molecule has 0 N–H and O–H groups in total. The lowest BCUT2D eigenvalue weighted by molar-refractivity contribution is -0.141. The molecular formula is C11H11F5O. The van der Waals surface area contributed by atoms with Crippen molar-refractivity contribution in [2.24, 2.45) is 0 Å². The van der Waals surface area contributed by atoms with Crippen molar-refractivity contribution in [1.82, 2.24) is 0 Å². The molecule has 0 heterocycles. The van der Waals surface area contributed by atoms with E-state index in [1.165, 1.54) is 6.07 Å². The van der Waals surface area contributed by atoms with Gasteiger partial charge in [-0.2, -0.15) is 22.0 Å². The van der Waals surface area contributed by atoms with E-state index in [4.69, 9.17) is 0 Å². The number of rotatable bonds is 3. The van der Waals surface area contributed by atoms with Crippen molar-refractivity contribution >= 4 is 0 Å². The highest BCUT2D eigenvalue weighted by atomic mass is 19.4. The van der Waals surface area contributed by atoms with E-state index in [9.17, 15) is 22.0 Å². The first-order valence-corrected chi connectivity index (χ1v) is 4.87. The number of alkyl halides is 5. The van der Waals surface area contributed by atoms with Crippen molar-refractivity contribution in [3.8, 4) is 5.75 Å². The largest absolute Gasteiger partial charge is 0.434 e. The molecule has 17 heavy (non-hydrogen) atoms. The Kier molecular flexibility index (Phi) is 3.95. The molecule has 0 atom stereocenters. The molecule has 0 fully saturated rings. The molecule has 0 aliphatic rings. The van der Waals surface area contributed by atoms with Gasteiger partial charge in [0.15, 0.2) is 0 Å². The smallest absolute Gasteiger partial charge is 0.419 e. The van der Waals surface area contributed by atoms with E-state index in [0.717, 1.165) is 12.1 Å². The zero-order chi connectivity index (χ0) is 13.2. The number of halogens is 5. The maximum absolute atomic E-state index is 12.6. The Bertz CT molecular complexity index is 384. The van der Waals surface area contributed by atoms with Crippen molar-refractivity contribution < 1.29 is 26.7 Å². The lowest BCUT2D eigenvalue weighted by Gasteiger charge is -2.15. The Morgan fingerprint density at radius 2 is 1.71 bits per heavy atom. The third kappa shape index (κ3) is 3.57. The van der Waals surface area contributed by atoms with Crippen molar-refractivity contribution in [3.05, 3.63) is 29.3 Å². The maximum atomic E-state index is 12.6. The molecule has 0 amide bonds. The van der Waals surface area contributed by atoms with Crippen LogP contribution in [-0.4, -0.2) is 6.61 Å². The van der Waals surface area contributed by atoms with E-state index >= 15 is 0 Å². The molecule has 96 valence electrons. The molecule has 0 bridgehead atoms. The second-order valence-corrected chi connectivity index (χ2v) is 3.79. The zero-order valence-corrected chi connectivity index (χ0v) is 9.18. The second kappa shape index (κ2) is 4.89. The molecular weight excluding hydrogens is 243 g/mol. The van der Waals surface area contributed by atoms with Crippen LogP contribution in [0.2, 0.25) is 0 Å². The Morgan fingerprint density at radius 1 is 1.12 bits per heavy atom. The lowest BCUT2D eigenvalue weighted by atomic mass is 10.00. The highest BCUT2D eigenvalue weighted by Gasteiger charge is 2.35. The SMILES string of the molecule is CC(C)c1ccc(OC(F)F)c(C(F)(F)F)c1. The lowest BCUT2D eigenvalue weighted by Crippen LogP contribution is -2.12. The summed E-state index contributed by atoms with van der Waals surface area (Å²) in [5, 5.41) is 0. The minimum atomic E-state index is -4.71. The second-order valence-electron chi connectivity index (χ2n) is 3.79. The number of benzene rings is 1. The summed E-state index contributed by atoms with van der Waals surface area (Å²) >= 11 is 0. The van der Waals surface area contributed by atoms with E-state index in [2.05, 4.69) is 4.74 Å². The molecule has 1 aromatic rings. The van der Waals surface area contributed by atoms with E-state index in [1.807, 2.05) is 0 Å². The van der Waals surface area contributed by atoms with Crippen LogP contribution < -0.4 is 4.74 Å². The molecule has 0 spiro atoms. The zero-order valence-electron chi connectivity index (χ0n) is 9.18. The summed E-state index contributed by atoms with van der Waals surface area (Å²) in [6, 6.07) is 3.10. The molecule has 1 aromatic carbocycles. The Hall–Kier alpha value is -1.33. The first kappa shape index (κ1) is 13.7. The Balaban J connectivity index is 3.22. The summed E-state index contributed by atoms with van der Waals surface area (Å²) in [6.07, 6.45) is -4.71. The van der Waals surface area contributed by atoms with Crippen molar-refractivity contribution in [1.29, 1.82) is 0 Å². The molecule has 0 unspecified atom stereocenters. The quantitative estimate of drug-likeness (QED) is 0.725. The predicted molar refractivity (Wildman–Crippen MR) is 52.2 cm³/mol. The van der Waals surface area contributed by atoms with Gasteiger partial charge in [-0.3, -0.25) is 0 Å². The van der Waals surface area contributed by atoms with Gasteiger partial charge in [0.2, 0.25) is 0 Å². The standard InChI is InChI=1S/C11H11F5O/c1-6(2)7-3-4-9(17-10(12)13)8(5-7)11(14,15)16/h3-6,10H,1-2H3. The topological polar surface area (TPSA) is 9.23 Å². The van der Waals surface area contributed by atoms with Gasteiger partial charge in [0.1, 0.15) is 5.75 Å². The summed E-state index contributed by atoms with van der Waals surface area (Å²) in [4.78, 5) is 0. The fourth-order valence-corrected chi connectivity index (χ4v) is 1.33. The maximum Gasteiger partial charge on any atom is 0.419 e. The van der Waals surface area contributed by atoms with E-state index in [-0.39, 0.29) is 5.92 Å². The first-order valence-electron chi connectivity index (χ1n) is 4.87.